The van der Waals surface area contributed by atoms with Crippen LogP contribution in [-0.4, -0.2) is 63.3 Å². The van der Waals surface area contributed by atoms with Gasteiger partial charge < -0.3 is 15.4 Å². The van der Waals surface area contributed by atoms with Gasteiger partial charge in [0.25, 0.3) is 0 Å². The quantitative estimate of drug-likeness (QED) is 0.589. The molecule has 1 fully saturated rings. The highest BCUT2D eigenvalue weighted by Gasteiger charge is 2.21. The van der Waals surface area contributed by atoms with Gasteiger partial charge in [-0.15, -0.1) is 11.3 Å². The normalized spacial score (nSPS) is 17.3. The molecular weight excluding hydrogens is 308 g/mol. The van der Waals surface area contributed by atoms with Crippen LogP contribution < -0.4 is 10.6 Å². The Hall–Kier alpha value is -1.11. The summed E-state index contributed by atoms with van der Waals surface area (Å²) in [6.45, 7) is 14.0. The van der Waals surface area contributed by atoms with Gasteiger partial charge in [0.05, 0.1) is 19.8 Å². The number of thiophene rings is 1. The third kappa shape index (κ3) is 6.12. The molecule has 0 aliphatic carbocycles. The Balaban J connectivity index is 1.81. The fourth-order valence-corrected chi connectivity index (χ4v) is 3.36. The van der Waals surface area contributed by atoms with E-state index >= 15 is 0 Å². The van der Waals surface area contributed by atoms with Crippen molar-refractivity contribution in [2.45, 2.75) is 26.2 Å². The van der Waals surface area contributed by atoms with E-state index in [2.05, 4.69) is 53.8 Å². The summed E-state index contributed by atoms with van der Waals surface area (Å²) in [4.78, 5) is 8.59. The number of hydrogen-bond donors (Lipinski definition) is 2. The van der Waals surface area contributed by atoms with Gasteiger partial charge in [-0.05, 0) is 18.4 Å². The summed E-state index contributed by atoms with van der Waals surface area (Å²) < 4.78 is 5.38. The first kappa shape index (κ1) is 18.2. The molecule has 1 aromatic rings. The van der Waals surface area contributed by atoms with Gasteiger partial charge >= 0.3 is 0 Å². The minimum absolute atomic E-state index is 0.0702. The molecule has 0 radical (unpaired) electrons. The van der Waals surface area contributed by atoms with Gasteiger partial charge in [-0.25, -0.2) is 0 Å². The topological polar surface area (TPSA) is 48.9 Å². The van der Waals surface area contributed by atoms with Crippen molar-refractivity contribution in [1.29, 1.82) is 0 Å². The number of ether oxygens (including phenoxy) is 1. The molecule has 1 aromatic heterocycles. The van der Waals surface area contributed by atoms with E-state index in [1.807, 2.05) is 0 Å². The van der Waals surface area contributed by atoms with Crippen molar-refractivity contribution in [3.05, 3.63) is 22.4 Å². The highest BCUT2D eigenvalue weighted by atomic mass is 32.1. The number of guanidine groups is 1. The maximum Gasteiger partial charge on any atom is 0.191 e. The minimum atomic E-state index is 0.0702. The number of nitrogens with zero attached hydrogens (tertiary/aromatic N) is 2. The Morgan fingerprint density at radius 2 is 2.13 bits per heavy atom. The Labute approximate surface area is 144 Å². The van der Waals surface area contributed by atoms with Crippen LogP contribution in [-0.2, 0) is 10.2 Å². The van der Waals surface area contributed by atoms with E-state index in [1.165, 1.54) is 4.88 Å². The third-order valence-corrected chi connectivity index (χ3v) is 5.22. The minimum Gasteiger partial charge on any atom is -0.379 e. The summed E-state index contributed by atoms with van der Waals surface area (Å²) in [7, 11) is 0. The molecule has 0 unspecified atom stereocenters. The molecule has 0 bridgehead atoms. The predicted molar refractivity (Wildman–Crippen MR) is 98.6 cm³/mol. The van der Waals surface area contributed by atoms with Crippen molar-refractivity contribution in [2.75, 3.05) is 52.5 Å². The van der Waals surface area contributed by atoms with E-state index in [4.69, 9.17) is 9.73 Å². The van der Waals surface area contributed by atoms with Crippen LogP contribution in [0.3, 0.4) is 0 Å². The second kappa shape index (κ2) is 9.25. The predicted octanol–water partition coefficient (Wildman–Crippen LogP) is 1.91. The standard InChI is InChI=1S/C17H30N4OS/c1-4-18-16(19-7-8-21-9-11-22-12-10-21)20-14-17(2,3)15-6-5-13-23-15/h5-6,13H,4,7-12,14H2,1-3H3,(H2,18,19,20). The first-order valence-electron chi connectivity index (χ1n) is 8.48. The fourth-order valence-electron chi connectivity index (χ4n) is 2.52. The van der Waals surface area contributed by atoms with Crippen molar-refractivity contribution in [3.63, 3.8) is 0 Å². The van der Waals surface area contributed by atoms with Gasteiger partial charge in [0.1, 0.15) is 0 Å². The highest BCUT2D eigenvalue weighted by molar-refractivity contribution is 7.10. The van der Waals surface area contributed by atoms with Crippen molar-refractivity contribution >= 4 is 17.3 Å². The largest absolute Gasteiger partial charge is 0.379 e. The Bertz CT molecular complexity index is 467. The van der Waals surface area contributed by atoms with Gasteiger partial charge in [-0.2, -0.15) is 0 Å². The van der Waals surface area contributed by atoms with Crippen LogP contribution in [0.1, 0.15) is 25.6 Å². The average Bonchev–Trinajstić information content (AvgIpc) is 3.09. The molecule has 2 rings (SSSR count). The molecule has 0 amide bonds. The number of nitrogens with one attached hydrogen (secondary N) is 2. The van der Waals surface area contributed by atoms with Crippen LogP contribution in [0.5, 0.6) is 0 Å². The van der Waals surface area contributed by atoms with Crippen LogP contribution in [0.4, 0.5) is 0 Å². The smallest absolute Gasteiger partial charge is 0.191 e. The molecule has 1 aliphatic heterocycles. The zero-order valence-electron chi connectivity index (χ0n) is 14.6. The van der Waals surface area contributed by atoms with E-state index in [-0.39, 0.29) is 5.41 Å². The zero-order chi connectivity index (χ0) is 16.5. The van der Waals surface area contributed by atoms with E-state index in [9.17, 15) is 0 Å². The summed E-state index contributed by atoms with van der Waals surface area (Å²) >= 11 is 1.80. The van der Waals surface area contributed by atoms with Gasteiger partial charge in [-0.1, -0.05) is 19.9 Å². The second-order valence-corrected chi connectivity index (χ2v) is 7.38. The Morgan fingerprint density at radius 3 is 2.78 bits per heavy atom. The van der Waals surface area contributed by atoms with Crippen LogP contribution in [0.15, 0.2) is 22.5 Å². The second-order valence-electron chi connectivity index (χ2n) is 6.44. The number of hydrogen-bond acceptors (Lipinski definition) is 4. The van der Waals surface area contributed by atoms with Gasteiger partial charge in [0.2, 0.25) is 0 Å². The molecular formula is C17H30N4OS. The van der Waals surface area contributed by atoms with Gasteiger partial charge in [0, 0.05) is 43.0 Å². The lowest BCUT2D eigenvalue weighted by molar-refractivity contribution is 0.0389. The monoisotopic (exact) mass is 338 g/mol. The van der Waals surface area contributed by atoms with E-state index in [0.717, 1.165) is 58.4 Å². The molecule has 0 spiro atoms. The first-order valence-corrected chi connectivity index (χ1v) is 9.36. The molecule has 0 atom stereocenters. The first-order chi connectivity index (χ1) is 11.1. The van der Waals surface area contributed by atoms with Crippen molar-refractivity contribution < 1.29 is 4.74 Å². The van der Waals surface area contributed by atoms with Crippen molar-refractivity contribution in [3.8, 4) is 0 Å². The van der Waals surface area contributed by atoms with Crippen LogP contribution in [0, 0.1) is 0 Å². The van der Waals surface area contributed by atoms with Crippen LogP contribution in [0.25, 0.3) is 0 Å². The van der Waals surface area contributed by atoms with Crippen LogP contribution in [0.2, 0.25) is 0 Å². The number of morpholine rings is 1. The highest BCUT2D eigenvalue weighted by Crippen LogP contribution is 2.27. The van der Waals surface area contributed by atoms with E-state index in [1.54, 1.807) is 11.3 Å². The molecule has 23 heavy (non-hydrogen) atoms. The molecule has 1 saturated heterocycles. The molecule has 2 N–H and O–H groups in total. The SMILES string of the molecule is CCNC(=NCC(C)(C)c1cccs1)NCCN1CCOCC1. The Kier molecular flexibility index (Phi) is 7.33. The van der Waals surface area contributed by atoms with Gasteiger partial charge in [0.15, 0.2) is 5.96 Å². The van der Waals surface area contributed by atoms with Crippen molar-refractivity contribution in [2.24, 2.45) is 4.99 Å². The lowest BCUT2D eigenvalue weighted by Gasteiger charge is -2.27. The average molecular weight is 339 g/mol. The molecule has 1 aliphatic rings. The number of rotatable bonds is 7. The van der Waals surface area contributed by atoms with E-state index < -0.39 is 0 Å². The molecule has 2 heterocycles. The summed E-state index contributed by atoms with van der Waals surface area (Å²) in [6.07, 6.45) is 0. The number of aliphatic imine (C=N–C) groups is 1. The maximum absolute atomic E-state index is 5.38. The summed E-state index contributed by atoms with van der Waals surface area (Å²) in [5, 5.41) is 8.91. The zero-order valence-corrected chi connectivity index (χ0v) is 15.4. The molecule has 5 nitrogen and oxygen atoms in total. The van der Waals surface area contributed by atoms with Crippen molar-refractivity contribution in [1.82, 2.24) is 15.5 Å². The lowest BCUT2D eigenvalue weighted by Crippen LogP contribution is -2.44. The molecule has 130 valence electrons. The molecule has 6 heteroatoms. The van der Waals surface area contributed by atoms with Gasteiger partial charge in [-0.3, -0.25) is 9.89 Å². The van der Waals surface area contributed by atoms with E-state index in [0.29, 0.717) is 0 Å². The fraction of sp³-hybridized carbons (Fsp3) is 0.706. The maximum atomic E-state index is 5.38. The molecule has 0 aromatic carbocycles. The Morgan fingerprint density at radius 1 is 1.35 bits per heavy atom. The summed E-state index contributed by atoms with van der Waals surface area (Å²) in [6, 6.07) is 4.30. The summed E-state index contributed by atoms with van der Waals surface area (Å²) in [5.74, 6) is 0.908. The van der Waals surface area contributed by atoms with Crippen LogP contribution >= 0.6 is 11.3 Å². The lowest BCUT2D eigenvalue weighted by atomic mass is 9.92. The third-order valence-electron chi connectivity index (χ3n) is 3.99. The molecule has 0 saturated carbocycles. The summed E-state index contributed by atoms with van der Waals surface area (Å²) in [5.41, 5.74) is 0.0702.